The van der Waals surface area contributed by atoms with Gasteiger partial charge in [-0.05, 0) is 44.6 Å². The third-order valence-corrected chi connectivity index (χ3v) is 3.57. The van der Waals surface area contributed by atoms with E-state index in [0.29, 0.717) is 0 Å². The van der Waals surface area contributed by atoms with Crippen LogP contribution in [-0.2, 0) is 0 Å². The molecule has 1 rings (SSSR count). The summed E-state index contributed by atoms with van der Waals surface area (Å²) in [6.07, 6.45) is 4.98. The molecule has 0 spiro atoms. The summed E-state index contributed by atoms with van der Waals surface area (Å²) < 4.78 is 0. The Labute approximate surface area is 92.8 Å². The van der Waals surface area contributed by atoms with Gasteiger partial charge in [-0.3, -0.25) is 0 Å². The fraction of sp³-hybridized carbons (Fsp3) is 1.00. The van der Waals surface area contributed by atoms with Gasteiger partial charge in [0.1, 0.15) is 0 Å². The second kappa shape index (κ2) is 7.55. The summed E-state index contributed by atoms with van der Waals surface area (Å²) in [4.78, 5) is 2.59. The predicted molar refractivity (Wildman–Crippen MR) is 66.1 cm³/mol. The van der Waals surface area contributed by atoms with E-state index in [1.54, 1.807) is 0 Å². The molecule has 84 valence electrons. The maximum atomic E-state index is 3.49. The maximum absolute atomic E-state index is 3.49. The topological polar surface area (TPSA) is 15.3 Å². The van der Waals surface area contributed by atoms with Crippen molar-refractivity contribution in [2.75, 3.05) is 44.7 Å². The van der Waals surface area contributed by atoms with Crippen molar-refractivity contribution in [2.24, 2.45) is 5.92 Å². The first-order chi connectivity index (χ1) is 6.86. The predicted octanol–water partition coefficient (Wildman–Crippen LogP) is 1.67. The van der Waals surface area contributed by atoms with Crippen LogP contribution < -0.4 is 5.32 Å². The van der Waals surface area contributed by atoms with Crippen LogP contribution in [0, 0.1) is 5.92 Å². The Morgan fingerprint density at radius 1 is 1.50 bits per heavy atom. The Hall–Kier alpha value is 0.270. The Morgan fingerprint density at radius 3 is 2.93 bits per heavy atom. The Bertz CT molecular complexity index is 135. The number of hydrogen-bond acceptors (Lipinski definition) is 3. The largest absolute Gasteiger partial charge is 0.316 e. The molecule has 0 aromatic carbocycles. The minimum atomic E-state index is 0.894. The minimum absolute atomic E-state index is 0.894. The SMILES string of the molecule is CCN(CCSC)CC1CCCNC1. The number of hydrogen-bond donors (Lipinski definition) is 1. The average molecular weight is 216 g/mol. The van der Waals surface area contributed by atoms with Crippen molar-refractivity contribution >= 4 is 11.8 Å². The highest BCUT2D eigenvalue weighted by molar-refractivity contribution is 7.98. The minimum Gasteiger partial charge on any atom is -0.316 e. The van der Waals surface area contributed by atoms with Crippen LogP contribution in [0.5, 0.6) is 0 Å². The number of rotatable bonds is 6. The molecule has 1 N–H and O–H groups in total. The molecule has 0 radical (unpaired) electrons. The summed E-state index contributed by atoms with van der Waals surface area (Å²) in [5.41, 5.74) is 0. The summed E-state index contributed by atoms with van der Waals surface area (Å²) >= 11 is 1.95. The zero-order valence-corrected chi connectivity index (χ0v) is 10.4. The molecule has 0 aromatic rings. The molecule has 1 heterocycles. The van der Waals surface area contributed by atoms with Gasteiger partial charge < -0.3 is 10.2 Å². The van der Waals surface area contributed by atoms with Crippen LogP contribution in [0.1, 0.15) is 19.8 Å². The van der Waals surface area contributed by atoms with Gasteiger partial charge in [-0.1, -0.05) is 6.92 Å². The zero-order valence-electron chi connectivity index (χ0n) is 9.59. The van der Waals surface area contributed by atoms with Crippen LogP contribution in [0.4, 0.5) is 0 Å². The van der Waals surface area contributed by atoms with E-state index in [1.165, 1.54) is 51.3 Å². The molecule has 14 heavy (non-hydrogen) atoms. The van der Waals surface area contributed by atoms with Crippen LogP contribution in [-0.4, -0.2) is 49.6 Å². The molecular weight excluding hydrogens is 192 g/mol. The van der Waals surface area contributed by atoms with E-state index in [2.05, 4.69) is 23.4 Å². The van der Waals surface area contributed by atoms with Gasteiger partial charge in [0.15, 0.2) is 0 Å². The molecular formula is C11H24N2S. The Kier molecular flexibility index (Phi) is 6.65. The highest BCUT2D eigenvalue weighted by Crippen LogP contribution is 2.11. The molecule has 1 aliphatic rings. The van der Waals surface area contributed by atoms with E-state index in [0.717, 1.165) is 5.92 Å². The molecule has 1 unspecified atom stereocenters. The van der Waals surface area contributed by atoms with Crippen molar-refractivity contribution in [2.45, 2.75) is 19.8 Å². The van der Waals surface area contributed by atoms with Gasteiger partial charge in [-0.25, -0.2) is 0 Å². The quantitative estimate of drug-likeness (QED) is 0.727. The van der Waals surface area contributed by atoms with Crippen molar-refractivity contribution < 1.29 is 0 Å². The van der Waals surface area contributed by atoms with Crippen LogP contribution in [0.2, 0.25) is 0 Å². The lowest BCUT2D eigenvalue weighted by Crippen LogP contribution is -2.39. The second-order valence-electron chi connectivity index (χ2n) is 4.10. The van der Waals surface area contributed by atoms with E-state index in [4.69, 9.17) is 0 Å². The molecule has 1 fully saturated rings. The van der Waals surface area contributed by atoms with Crippen molar-refractivity contribution in [3.8, 4) is 0 Å². The van der Waals surface area contributed by atoms with Gasteiger partial charge in [0, 0.05) is 18.8 Å². The lowest BCUT2D eigenvalue weighted by Gasteiger charge is -2.29. The van der Waals surface area contributed by atoms with Crippen LogP contribution in [0.15, 0.2) is 0 Å². The fourth-order valence-electron chi connectivity index (χ4n) is 2.04. The summed E-state index contributed by atoms with van der Waals surface area (Å²) in [5, 5.41) is 3.49. The number of nitrogens with zero attached hydrogens (tertiary/aromatic N) is 1. The summed E-state index contributed by atoms with van der Waals surface area (Å²) in [6, 6.07) is 0. The second-order valence-corrected chi connectivity index (χ2v) is 5.08. The molecule has 3 heteroatoms. The lowest BCUT2D eigenvalue weighted by molar-refractivity contribution is 0.226. The summed E-state index contributed by atoms with van der Waals surface area (Å²) in [7, 11) is 0. The third-order valence-electron chi connectivity index (χ3n) is 2.97. The lowest BCUT2D eigenvalue weighted by atomic mass is 9.99. The van der Waals surface area contributed by atoms with E-state index in [-0.39, 0.29) is 0 Å². The monoisotopic (exact) mass is 216 g/mol. The fourth-order valence-corrected chi connectivity index (χ4v) is 2.48. The highest BCUT2D eigenvalue weighted by atomic mass is 32.2. The molecule has 0 aromatic heterocycles. The Balaban J connectivity index is 2.16. The zero-order chi connectivity index (χ0) is 10.2. The van der Waals surface area contributed by atoms with Crippen molar-refractivity contribution in [3.63, 3.8) is 0 Å². The van der Waals surface area contributed by atoms with Crippen molar-refractivity contribution in [1.29, 1.82) is 0 Å². The molecule has 0 bridgehead atoms. The highest BCUT2D eigenvalue weighted by Gasteiger charge is 2.15. The molecule has 0 aliphatic carbocycles. The summed E-state index contributed by atoms with van der Waals surface area (Å²) in [6.45, 7) is 8.50. The molecule has 2 nitrogen and oxygen atoms in total. The average Bonchev–Trinajstić information content (AvgIpc) is 2.25. The molecule has 0 amide bonds. The first-order valence-electron chi connectivity index (χ1n) is 5.78. The van der Waals surface area contributed by atoms with E-state index >= 15 is 0 Å². The van der Waals surface area contributed by atoms with Crippen LogP contribution in [0.3, 0.4) is 0 Å². The Morgan fingerprint density at radius 2 is 2.36 bits per heavy atom. The van der Waals surface area contributed by atoms with E-state index < -0.39 is 0 Å². The molecule has 1 aliphatic heterocycles. The van der Waals surface area contributed by atoms with Crippen molar-refractivity contribution in [3.05, 3.63) is 0 Å². The molecule has 1 atom stereocenters. The number of piperidine rings is 1. The third kappa shape index (κ3) is 4.67. The molecule has 0 saturated carbocycles. The first kappa shape index (κ1) is 12.3. The van der Waals surface area contributed by atoms with Gasteiger partial charge in [0.2, 0.25) is 0 Å². The number of thioether (sulfide) groups is 1. The van der Waals surface area contributed by atoms with Gasteiger partial charge in [-0.2, -0.15) is 11.8 Å². The maximum Gasteiger partial charge on any atom is 0.00722 e. The van der Waals surface area contributed by atoms with Crippen LogP contribution >= 0.6 is 11.8 Å². The van der Waals surface area contributed by atoms with Crippen molar-refractivity contribution in [1.82, 2.24) is 10.2 Å². The van der Waals surface area contributed by atoms with Gasteiger partial charge in [0.25, 0.3) is 0 Å². The van der Waals surface area contributed by atoms with E-state index in [1.807, 2.05) is 11.8 Å². The number of nitrogens with one attached hydrogen (secondary N) is 1. The normalized spacial score (nSPS) is 22.9. The van der Waals surface area contributed by atoms with Crippen LogP contribution in [0.25, 0.3) is 0 Å². The van der Waals surface area contributed by atoms with Gasteiger partial charge in [0.05, 0.1) is 0 Å². The van der Waals surface area contributed by atoms with Gasteiger partial charge in [-0.15, -0.1) is 0 Å². The smallest absolute Gasteiger partial charge is 0.00722 e. The first-order valence-corrected chi connectivity index (χ1v) is 7.18. The van der Waals surface area contributed by atoms with E-state index in [9.17, 15) is 0 Å². The summed E-state index contributed by atoms with van der Waals surface area (Å²) in [5.74, 6) is 2.17. The molecule has 1 saturated heterocycles. The standard InChI is InChI=1S/C11H24N2S/c1-3-13(7-8-14-2)10-11-5-4-6-12-9-11/h11-12H,3-10H2,1-2H3. The van der Waals surface area contributed by atoms with Gasteiger partial charge >= 0.3 is 0 Å².